The number of carbonyl (C=O) groups is 1. The predicted octanol–water partition coefficient (Wildman–Crippen LogP) is 5.32. The van der Waals surface area contributed by atoms with E-state index in [2.05, 4.69) is 16.8 Å². The van der Waals surface area contributed by atoms with Crippen LogP contribution >= 0.6 is 22.9 Å². The minimum atomic E-state index is 0.00724. The number of nitrogens with zero attached hydrogens (tertiary/aromatic N) is 1. The van der Waals surface area contributed by atoms with E-state index in [0.29, 0.717) is 24.8 Å². The molecule has 3 aliphatic rings. The van der Waals surface area contributed by atoms with Crippen molar-refractivity contribution in [1.82, 2.24) is 5.32 Å². The fourth-order valence-corrected chi connectivity index (χ4v) is 5.23. The van der Waals surface area contributed by atoms with E-state index in [1.165, 1.54) is 25.7 Å². The number of carbonyl (C=O) groups excluding carboxylic acids is 1. The number of anilines is 1. The topological polar surface area (TPSA) is 41.6 Å². The highest BCUT2D eigenvalue weighted by molar-refractivity contribution is 7.18. The third-order valence-electron chi connectivity index (χ3n) is 5.76. The van der Waals surface area contributed by atoms with Gasteiger partial charge in [-0.3, -0.25) is 4.79 Å². The minimum absolute atomic E-state index is 0.00724. The van der Waals surface area contributed by atoms with Crippen molar-refractivity contribution in [1.29, 1.82) is 0 Å². The van der Waals surface area contributed by atoms with Gasteiger partial charge in [0.2, 0.25) is 0 Å². The lowest BCUT2D eigenvalue weighted by Crippen LogP contribution is -2.36. The molecule has 1 saturated heterocycles. The number of benzene rings is 1. The van der Waals surface area contributed by atoms with E-state index in [1.54, 1.807) is 11.3 Å². The molecule has 0 bridgehead atoms. The van der Waals surface area contributed by atoms with Gasteiger partial charge in [-0.25, -0.2) is 0 Å². The van der Waals surface area contributed by atoms with Crippen LogP contribution in [0.5, 0.6) is 0 Å². The van der Waals surface area contributed by atoms with Crippen LogP contribution in [0.25, 0.3) is 6.08 Å². The number of fused-ring (bicyclic) bond motifs is 1. The number of ether oxygens (including phenoxy) is 1. The molecule has 1 aliphatic carbocycles. The molecule has 1 amide bonds. The molecule has 1 aromatic heterocycles. The van der Waals surface area contributed by atoms with Gasteiger partial charge in [0, 0.05) is 36.1 Å². The lowest BCUT2D eigenvalue weighted by Gasteiger charge is -2.28. The van der Waals surface area contributed by atoms with Crippen molar-refractivity contribution in [2.45, 2.75) is 31.6 Å². The molecule has 0 radical (unpaired) electrons. The van der Waals surface area contributed by atoms with Crippen molar-refractivity contribution in [3.8, 4) is 0 Å². The molecular formula is C23H27ClN2O2S. The number of hydrogen-bond donors (Lipinski definition) is 1. The first kappa shape index (κ1) is 20.5. The van der Waals surface area contributed by atoms with Gasteiger partial charge in [0.15, 0.2) is 0 Å². The quantitative estimate of drug-likeness (QED) is 0.716. The van der Waals surface area contributed by atoms with Crippen molar-refractivity contribution in [3.05, 3.63) is 57.4 Å². The summed E-state index contributed by atoms with van der Waals surface area (Å²) in [5, 5.41) is 4.87. The van der Waals surface area contributed by atoms with Crippen molar-refractivity contribution in [2.24, 2.45) is 0 Å². The van der Waals surface area contributed by atoms with E-state index >= 15 is 0 Å². The fraction of sp³-hybridized carbons (Fsp3) is 0.435. The van der Waals surface area contributed by atoms with Crippen molar-refractivity contribution >= 4 is 39.9 Å². The number of halogens is 1. The summed E-state index contributed by atoms with van der Waals surface area (Å²) in [6.07, 6.45) is 7.89. The van der Waals surface area contributed by atoms with Crippen LogP contribution in [-0.4, -0.2) is 38.8 Å². The van der Waals surface area contributed by atoms with E-state index in [-0.39, 0.29) is 11.8 Å². The molecule has 3 heterocycles. The fourth-order valence-electron chi connectivity index (χ4n) is 3.76. The van der Waals surface area contributed by atoms with Gasteiger partial charge in [0.25, 0.3) is 5.91 Å². The number of thiophene rings is 1. The lowest BCUT2D eigenvalue weighted by molar-refractivity contribution is 0.0947. The van der Waals surface area contributed by atoms with Gasteiger partial charge in [0.05, 0.1) is 23.1 Å². The molecule has 2 aliphatic heterocycles. The van der Waals surface area contributed by atoms with Crippen molar-refractivity contribution in [3.63, 3.8) is 0 Å². The zero-order valence-corrected chi connectivity index (χ0v) is 18.2. The second-order valence-corrected chi connectivity index (χ2v) is 9.03. The van der Waals surface area contributed by atoms with Gasteiger partial charge in [-0.2, -0.15) is 0 Å². The standard InChI is InChI=1S/C19H19ClN2O2S.C4H8/c1-2-14-16-15(12-3-5-13(20)6-4-12)11-21-18(23)17(16)25-19(14)22-7-9-24-10-8-22;1-2-4-3-1/h2-6,15H,1,7-11H2,(H,21,23);1-4H2. The van der Waals surface area contributed by atoms with Gasteiger partial charge in [0.1, 0.15) is 0 Å². The second-order valence-electron chi connectivity index (χ2n) is 7.60. The van der Waals surface area contributed by atoms with Gasteiger partial charge in [-0.1, -0.05) is 62.1 Å². The van der Waals surface area contributed by atoms with Gasteiger partial charge in [-0.15, -0.1) is 11.3 Å². The zero-order chi connectivity index (χ0) is 20.2. The SMILES string of the molecule is C1CCC1.C=Cc1c(N2CCOCC2)sc2c1C(c1ccc(Cl)cc1)CNC2=O. The van der Waals surface area contributed by atoms with Gasteiger partial charge < -0.3 is 15.0 Å². The maximum atomic E-state index is 12.5. The minimum Gasteiger partial charge on any atom is -0.378 e. The number of rotatable bonds is 3. The Balaban J connectivity index is 0.000000458. The predicted molar refractivity (Wildman–Crippen MR) is 122 cm³/mol. The van der Waals surface area contributed by atoms with E-state index < -0.39 is 0 Å². The molecular weight excluding hydrogens is 404 g/mol. The second kappa shape index (κ2) is 9.33. The van der Waals surface area contributed by atoms with Crippen LogP contribution in [0.3, 0.4) is 0 Å². The lowest BCUT2D eigenvalue weighted by atomic mass is 9.86. The van der Waals surface area contributed by atoms with E-state index in [0.717, 1.165) is 39.7 Å². The normalized spacial score (nSPS) is 20.7. The van der Waals surface area contributed by atoms with Crippen molar-refractivity contribution in [2.75, 3.05) is 37.7 Å². The summed E-state index contributed by atoms with van der Waals surface area (Å²) >= 11 is 7.60. The molecule has 1 unspecified atom stereocenters. The van der Waals surface area contributed by atoms with Gasteiger partial charge in [-0.05, 0) is 23.3 Å². The Labute approximate surface area is 181 Å². The average molecular weight is 431 g/mol. The number of nitrogens with one attached hydrogen (secondary N) is 1. The molecule has 6 heteroatoms. The Hall–Kier alpha value is -1.82. The van der Waals surface area contributed by atoms with Crippen LogP contribution in [0.2, 0.25) is 5.02 Å². The Morgan fingerprint density at radius 3 is 2.38 bits per heavy atom. The Bertz CT molecular complexity index is 864. The summed E-state index contributed by atoms with van der Waals surface area (Å²) in [5.41, 5.74) is 3.32. The summed E-state index contributed by atoms with van der Waals surface area (Å²) in [6.45, 7) is 7.73. The van der Waals surface area contributed by atoms with Crippen LogP contribution < -0.4 is 10.2 Å². The van der Waals surface area contributed by atoms with Crippen LogP contribution in [0.15, 0.2) is 30.8 Å². The zero-order valence-electron chi connectivity index (χ0n) is 16.6. The molecule has 2 aromatic rings. The maximum absolute atomic E-state index is 12.5. The highest BCUT2D eigenvalue weighted by Gasteiger charge is 2.34. The molecule has 0 spiro atoms. The molecule has 29 heavy (non-hydrogen) atoms. The molecule has 154 valence electrons. The largest absolute Gasteiger partial charge is 0.378 e. The van der Waals surface area contributed by atoms with Crippen molar-refractivity contribution < 1.29 is 9.53 Å². The summed E-state index contributed by atoms with van der Waals surface area (Å²) < 4.78 is 5.46. The summed E-state index contributed by atoms with van der Waals surface area (Å²) in [7, 11) is 0. The molecule has 4 nitrogen and oxygen atoms in total. The van der Waals surface area contributed by atoms with Crippen LogP contribution in [-0.2, 0) is 4.74 Å². The highest BCUT2D eigenvalue weighted by atomic mass is 35.5. The smallest absolute Gasteiger partial charge is 0.261 e. The van der Waals surface area contributed by atoms with Crippen LogP contribution in [0, 0.1) is 0 Å². The molecule has 1 N–H and O–H groups in total. The van der Waals surface area contributed by atoms with E-state index in [4.69, 9.17) is 16.3 Å². The average Bonchev–Trinajstić information content (AvgIpc) is 3.09. The molecule has 1 aromatic carbocycles. The maximum Gasteiger partial charge on any atom is 0.261 e. The molecule has 5 rings (SSSR count). The third kappa shape index (κ3) is 4.37. The van der Waals surface area contributed by atoms with Crippen LogP contribution in [0.1, 0.15) is 58.0 Å². The monoisotopic (exact) mass is 430 g/mol. The molecule has 2 fully saturated rings. The van der Waals surface area contributed by atoms with E-state index in [1.807, 2.05) is 30.3 Å². The highest BCUT2D eigenvalue weighted by Crippen LogP contribution is 2.44. The first-order valence-electron chi connectivity index (χ1n) is 10.3. The number of hydrogen-bond acceptors (Lipinski definition) is 4. The summed E-state index contributed by atoms with van der Waals surface area (Å²) in [5.74, 6) is 0.122. The van der Waals surface area contributed by atoms with E-state index in [9.17, 15) is 4.79 Å². The van der Waals surface area contributed by atoms with Gasteiger partial charge >= 0.3 is 0 Å². The summed E-state index contributed by atoms with van der Waals surface area (Å²) in [4.78, 5) is 15.6. The number of morpholine rings is 1. The summed E-state index contributed by atoms with van der Waals surface area (Å²) in [6, 6.07) is 7.87. The first-order valence-corrected chi connectivity index (χ1v) is 11.5. The molecule has 1 saturated carbocycles. The Kier molecular flexibility index (Phi) is 6.58. The first-order chi connectivity index (χ1) is 14.2. The number of amides is 1. The Morgan fingerprint density at radius 1 is 1.14 bits per heavy atom. The third-order valence-corrected chi connectivity index (χ3v) is 7.29. The molecule has 1 atom stereocenters. The van der Waals surface area contributed by atoms with Crippen LogP contribution in [0.4, 0.5) is 5.00 Å². The Morgan fingerprint density at radius 2 is 1.79 bits per heavy atom.